The van der Waals surface area contributed by atoms with Crippen LogP contribution in [0.5, 0.6) is 0 Å². The molecule has 1 saturated heterocycles. The Balaban J connectivity index is 1.55. The van der Waals surface area contributed by atoms with Gasteiger partial charge in [0, 0.05) is 43.0 Å². The van der Waals surface area contributed by atoms with Gasteiger partial charge in [-0.3, -0.25) is 14.5 Å². The fourth-order valence-electron chi connectivity index (χ4n) is 2.70. The van der Waals surface area contributed by atoms with Crippen LogP contribution in [-0.2, 0) is 4.79 Å². The number of hydrogen-bond acceptors (Lipinski definition) is 4. The normalized spacial score (nSPS) is 18.9. The van der Waals surface area contributed by atoms with E-state index in [4.69, 9.17) is 0 Å². The average Bonchev–Trinajstić information content (AvgIpc) is 3.03. The van der Waals surface area contributed by atoms with Gasteiger partial charge in [-0.25, -0.2) is 0 Å². The molecule has 6 heteroatoms. The van der Waals surface area contributed by atoms with Crippen LogP contribution in [0.4, 0.5) is 0 Å². The van der Waals surface area contributed by atoms with E-state index in [1.165, 1.54) is 30.6 Å². The van der Waals surface area contributed by atoms with E-state index in [9.17, 15) is 9.59 Å². The molecule has 1 atom stereocenters. The molecule has 122 valence electrons. The summed E-state index contributed by atoms with van der Waals surface area (Å²) in [6, 6.07) is 2.40. The number of likely N-dealkylation sites (tertiary alicyclic amines) is 1. The summed E-state index contributed by atoms with van der Waals surface area (Å²) in [4.78, 5) is 25.9. The zero-order chi connectivity index (χ0) is 15.8. The van der Waals surface area contributed by atoms with E-state index in [1.807, 2.05) is 5.38 Å². The predicted molar refractivity (Wildman–Crippen MR) is 89.2 cm³/mol. The minimum atomic E-state index is -0.115. The molecule has 1 aliphatic heterocycles. The Bertz CT molecular complexity index is 476. The molecular formula is C16H25N3O2S. The number of piperidine rings is 1. The first-order valence-electron chi connectivity index (χ1n) is 7.98. The fraction of sp³-hybridized carbons (Fsp3) is 0.625. The van der Waals surface area contributed by atoms with Crippen molar-refractivity contribution in [3.8, 4) is 0 Å². The smallest absolute Gasteiger partial charge is 0.252 e. The van der Waals surface area contributed by atoms with Gasteiger partial charge in [-0.05, 0) is 37.8 Å². The van der Waals surface area contributed by atoms with E-state index in [0.29, 0.717) is 31.1 Å². The van der Waals surface area contributed by atoms with Crippen molar-refractivity contribution < 1.29 is 9.59 Å². The van der Waals surface area contributed by atoms with Gasteiger partial charge in [0.05, 0.1) is 0 Å². The number of nitrogens with zero attached hydrogens (tertiary/aromatic N) is 1. The predicted octanol–water partition coefficient (Wildman–Crippen LogP) is 1.86. The van der Waals surface area contributed by atoms with Crippen LogP contribution in [0.25, 0.3) is 0 Å². The molecule has 0 radical (unpaired) electrons. The van der Waals surface area contributed by atoms with Crippen LogP contribution >= 0.6 is 11.3 Å². The summed E-state index contributed by atoms with van der Waals surface area (Å²) in [5.74, 6) is -0.119. The second kappa shape index (κ2) is 8.90. The SMILES string of the molecule is C[C@H]1CCCCN1CCNC(=O)CCNC(=O)c1ccsc1. The van der Waals surface area contributed by atoms with Gasteiger partial charge in [0.2, 0.25) is 5.91 Å². The first kappa shape index (κ1) is 17.0. The van der Waals surface area contributed by atoms with Gasteiger partial charge in [0.1, 0.15) is 0 Å². The molecule has 2 rings (SSSR count). The highest BCUT2D eigenvalue weighted by Crippen LogP contribution is 2.15. The Morgan fingerprint density at radius 1 is 1.32 bits per heavy atom. The lowest BCUT2D eigenvalue weighted by Gasteiger charge is -2.33. The quantitative estimate of drug-likeness (QED) is 0.805. The number of amides is 2. The van der Waals surface area contributed by atoms with E-state index in [1.54, 1.807) is 11.4 Å². The minimum Gasteiger partial charge on any atom is -0.355 e. The summed E-state index contributed by atoms with van der Waals surface area (Å²) in [6.07, 6.45) is 4.15. The summed E-state index contributed by atoms with van der Waals surface area (Å²) >= 11 is 1.49. The summed E-state index contributed by atoms with van der Waals surface area (Å²) in [6.45, 7) is 5.35. The topological polar surface area (TPSA) is 61.4 Å². The highest BCUT2D eigenvalue weighted by molar-refractivity contribution is 7.08. The molecule has 2 heterocycles. The molecule has 0 bridgehead atoms. The van der Waals surface area contributed by atoms with E-state index in [-0.39, 0.29) is 11.8 Å². The van der Waals surface area contributed by atoms with E-state index in [2.05, 4.69) is 22.5 Å². The molecule has 0 aromatic carbocycles. The van der Waals surface area contributed by atoms with Crippen LogP contribution < -0.4 is 10.6 Å². The standard InChI is InChI=1S/C16H25N3O2S/c1-13-4-2-3-9-19(13)10-8-17-15(20)5-7-18-16(21)14-6-11-22-12-14/h6,11-13H,2-5,7-10H2,1H3,(H,17,20)(H,18,21)/t13-/m0/s1. The third-order valence-corrected chi connectivity index (χ3v) is 4.77. The molecule has 0 aliphatic carbocycles. The van der Waals surface area contributed by atoms with Crippen LogP contribution in [-0.4, -0.2) is 48.9 Å². The van der Waals surface area contributed by atoms with Crippen LogP contribution in [0.1, 0.15) is 43.0 Å². The van der Waals surface area contributed by atoms with Crippen molar-refractivity contribution in [1.82, 2.24) is 15.5 Å². The van der Waals surface area contributed by atoms with Crippen molar-refractivity contribution >= 4 is 23.2 Å². The fourth-order valence-corrected chi connectivity index (χ4v) is 3.34. The van der Waals surface area contributed by atoms with Crippen molar-refractivity contribution in [3.05, 3.63) is 22.4 Å². The zero-order valence-corrected chi connectivity index (χ0v) is 14.0. The molecule has 0 saturated carbocycles. The van der Waals surface area contributed by atoms with Gasteiger partial charge < -0.3 is 10.6 Å². The third-order valence-electron chi connectivity index (χ3n) is 4.08. The number of thiophene rings is 1. The maximum atomic E-state index is 11.8. The Kier molecular flexibility index (Phi) is 6.86. The van der Waals surface area contributed by atoms with Gasteiger partial charge in [0.15, 0.2) is 0 Å². The summed E-state index contributed by atoms with van der Waals surface area (Å²) < 4.78 is 0. The van der Waals surface area contributed by atoms with Crippen LogP contribution in [0, 0.1) is 0 Å². The number of nitrogens with one attached hydrogen (secondary N) is 2. The molecule has 1 aromatic heterocycles. The van der Waals surface area contributed by atoms with Crippen molar-refractivity contribution in [2.45, 2.75) is 38.6 Å². The molecule has 5 nitrogen and oxygen atoms in total. The van der Waals surface area contributed by atoms with Crippen molar-refractivity contribution in [2.24, 2.45) is 0 Å². The number of carbonyl (C=O) groups is 2. The molecule has 0 unspecified atom stereocenters. The van der Waals surface area contributed by atoms with Gasteiger partial charge in [-0.2, -0.15) is 11.3 Å². The lowest BCUT2D eigenvalue weighted by atomic mass is 10.0. The lowest BCUT2D eigenvalue weighted by Crippen LogP contribution is -2.42. The van der Waals surface area contributed by atoms with E-state index < -0.39 is 0 Å². The van der Waals surface area contributed by atoms with Gasteiger partial charge >= 0.3 is 0 Å². The summed E-state index contributed by atoms with van der Waals surface area (Å²) in [5, 5.41) is 9.35. The Morgan fingerprint density at radius 3 is 2.91 bits per heavy atom. The monoisotopic (exact) mass is 323 g/mol. The van der Waals surface area contributed by atoms with Gasteiger partial charge in [-0.1, -0.05) is 6.42 Å². The number of hydrogen-bond donors (Lipinski definition) is 2. The maximum absolute atomic E-state index is 11.8. The second-order valence-corrected chi connectivity index (χ2v) is 6.53. The summed E-state index contributed by atoms with van der Waals surface area (Å²) in [5.41, 5.74) is 0.657. The van der Waals surface area contributed by atoms with Crippen molar-refractivity contribution in [3.63, 3.8) is 0 Å². The number of rotatable bonds is 7. The third kappa shape index (κ3) is 5.42. The second-order valence-electron chi connectivity index (χ2n) is 5.75. The van der Waals surface area contributed by atoms with Gasteiger partial charge in [0.25, 0.3) is 5.91 Å². The Labute approximate surface area is 136 Å². The van der Waals surface area contributed by atoms with E-state index in [0.717, 1.165) is 13.1 Å². The Hall–Kier alpha value is -1.40. The summed E-state index contributed by atoms with van der Waals surface area (Å²) in [7, 11) is 0. The van der Waals surface area contributed by atoms with Crippen LogP contribution in [0.2, 0.25) is 0 Å². The molecular weight excluding hydrogens is 298 g/mol. The molecule has 1 aliphatic rings. The highest BCUT2D eigenvalue weighted by Gasteiger charge is 2.17. The van der Waals surface area contributed by atoms with E-state index >= 15 is 0 Å². The maximum Gasteiger partial charge on any atom is 0.252 e. The first-order valence-corrected chi connectivity index (χ1v) is 8.92. The lowest BCUT2D eigenvalue weighted by molar-refractivity contribution is -0.121. The molecule has 2 amide bonds. The first-order chi connectivity index (χ1) is 10.7. The van der Waals surface area contributed by atoms with Crippen molar-refractivity contribution in [2.75, 3.05) is 26.2 Å². The molecule has 22 heavy (non-hydrogen) atoms. The average molecular weight is 323 g/mol. The minimum absolute atomic E-state index is 0.00437. The van der Waals surface area contributed by atoms with Crippen molar-refractivity contribution in [1.29, 1.82) is 0 Å². The van der Waals surface area contributed by atoms with Crippen LogP contribution in [0.15, 0.2) is 16.8 Å². The molecule has 2 N–H and O–H groups in total. The zero-order valence-electron chi connectivity index (χ0n) is 13.1. The highest BCUT2D eigenvalue weighted by atomic mass is 32.1. The molecule has 1 fully saturated rings. The van der Waals surface area contributed by atoms with Crippen LogP contribution in [0.3, 0.4) is 0 Å². The largest absolute Gasteiger partial charge is 0.355 e. The van der Waals surface area contributed by atoms with Gasteiger partial charge in [-0.15, -0.1) is 0 Å². The molecule has 1 aromatic rings. The Morgan fingerprint density at radius 2 is 2.18 bits per heavy atom. The molecule has 0 spiro atoms. The number of carbonyl (C=O) groups excluding carboxylic acids is 2.